The fraction of sp³-hybridized carbons (Fsp3) is 0.286. The van der Waals surface area contributed by atoms with Gasteiger partial charge in [0, 0.05) is 18.2 Å². The molecule has 0 radical (unpaired) electrons. The second-order valence-corrected chi connectivity index (χ2v) is 4.34. The van der Waals surface area contributed by atoms with Crippen LogP contribution in [0.1, 0.15) is 19.2 Å². The molecule has 0 unspecified atom stereocenters. The van der Waals surface area contributed by atoms with Crippen molar-refractivity contribution in [3.05, 3.63) is 41.5 Å². The van der Waals surface area contributed by atoms with Gasteiger partial charge in [-0.1, -0.05) is 6.92 Å². The number of hydrogen-bond donors (Lipinski definition) is 1. The Morgan fingerprint density at radius 3 is 2.55 bits per heavy atom. The highest BCUT2D eigenvalue weighted by Crippen LogP contribution is 2.25. The molecule has 1 aromatic heterocycles. The van der Waals surface area contributed by atoms with E-state index in [2.05, 4.69) is 15.3 Å². The van der Waals surface area contributed by atoms with E-state index in [4.69, 9.17) is 0 Å². The third-order valence-electron chi connectivity index (χ3n) is 2.71. The summed E-state index contributed by atoms with van der Waals surface area (Å²) in [6, 6.07) is 3.56. The third-order valence-corrected chi connectivity index (χ3v) is 2.71. The fourth-order valence-corrected chi connectivity index (χ4v) is 1.77. The number of anilines is 1. The van der Waals surface area contributed by atoms with E-state index in [-0.39, 0.29) is 11.3 Å². The van der Waals surface area contributed by atoms with E-state index >= 15 is 0 Å². The molecule has 3 nitrogen and oxygen atoms in total. The van der Waals surface area contributed by atoms with Gasteiger partial charge >= 0.3 is 0 Å². The zero-order valence-electron chi connectivity index (χ0n) is 11.2. The Labute approximate surface area is 114 Å². The minimum Gasteiger partial charge on any atom is -0.370 e. The van der Waals surface area contributed by atoms with Crippen molar-refractivity contribution in [1.29, 1.82) is 0 Å². The van der Waals surface area contributed by atoms with Crippen molar-refractivity contribution in [3.63, 3.8) is 0 Å². The van der Waals surface area contributed by atoms with Gasteiger partial charge in [-0.15, -0.1) is 0 Å². The molecule has 0 saturated heterocycles. The molecule has 2 rings (SSSR count). The molecular formula is C14H14F3N3. The zero-order valence-corrected chi connectivity index (χ0v) is 11.2. The fourth-order valence-electron chi connectivity index (χ4n) is 1.77. The molecule has 0 saturated carbocycles. The van der Waals surface area contributed by atoms with Crippen molar-refractivity contribution in [2.45, 2.75) is 20.3 Å². The van der Waals surface area contributed by atoms with Crippen LogP contribution >= 0.6 is 0 Å². The Morgan fingerprint density at radius 2 is 1.85 bits per heavy atom. The molecule has 106 valence electrons. The maximum Gasteiger partial charge on any atom is 0.195 e. The number of aromatic nitrogens is 2. The van der Waals surface area contributed by atoms with Crippen LogP contribution in [0.5, 0.6) is 0 Å². The molecule has 20 heavy (non-hydrogen) atoms. The molecular weight excluding hydrogens is 267 g/mol. The average Bonchev–Trinajstić information content (AvgIpc) is 2.42. The molecule has 0 fully saturated rings. The highest BCUT2D eigenvalue weighted by atomic mass is 19.2. The molecule has 1 heterocycles. The van der Waals surface area contributed by atoms with Gasteiger partial charge in [0.05, 0.1) is 5.69 Å². The van der Waals surface area contributed by atoms with E-state index in [0.29, 0.717) is 18.2 Å². The number of nitrogens with zero attached hydrogens (tertiary/aromatic N) is 2. The largest absolute Gasteiger partial charge is 0.370 e. The Balaban J connectivity index is 2.47. The Kier molecular flexibility index (Phi) is 4.22. The lowest BCUT2D eigenvalue weighted by molar-refractivity contribution is 0.449. The van der Waals surface area contributed by atoms with Crippen molar-refractivity contribution >= 4 is 5.82 Å². The summed E-state index contributed by atoms with van der Waals surface area (Å²) in [7, 11) is 0. The van der Waals surface area contributed by atoms with Gasteiger partial charge in [0.2, 0.25) is 0 Å². The summed E-state index contributed by atoms with van der Waals surface area (Å²) >= 11 is 0. The smallest absolute Gasteiger partial charge is 0.195 e. The van der Waals surface area contributed by atoms with Crippen LogP contribution in [0.15, 0.2) is 18.2 Å². The molecule has 1 N–H and O–H groups in total. The van der Waals surface area contributed by atoms with Crippen LogP contribution in [0.3, 0.4) is 0 Å². The predicted octanol–water partition coefficient (Wildman–Crippen LogP) is 3.69. The van der Waals surface area contributed by atoms with Crippen molar-refractivity contribution in [3.8, 4) is 11.3 Å². The molecule has 1 aromatic carbocycles. The minimum absolute atomic E-state index is 0.0889. The van der Waals surface area contributed by atoms with Gasteiger partial charge in [0.1, 0.15) is 11.6 Å². The van der Waals surface area contributed by atoms with Crippen LogP contribution in [0.4, 0.5) is 19.0 Å². The Hall–Kier alpha value is -2.11. The van der Waals surface area contributed by atoms with Crippen LogP contribution in [-0.2, 0) is 0 Å². The summed E-state index contributed by atoms with van der Waals surface area (Å²) in [6.07, 6.45) is 0.901. The second-order valence-electron chi connectivity index (χ2n) is 4.34. The summed E-state index contributed by atoms with van der Waals surface area (Å²) in [4.78, 5) is 8.22. The first kappa shape index (κ1) is 14.3. The Morgan fingerprint density at radius 1 is 1.10 bits per heavy atom. The van der Waals surface area contributed by atoms with Gasteiger partial charge in [0.25, 0.3) is 0 Å². The second kappa shape index (κ2) is 5.90. The SMILES string of the molecule is CCCNc1cc(-c2ccc(F)c(F)c2F)nc(C)n1. The lowest BCUT2D eigenvalue weighted by Crippen LogP contribution is -2.05. The predicted molar refractivity (Wildman–Crippen MR) is 70.9 cm³/mol. The zero-order chi connectivity index (χ0) is 14.7. The maximum atomic E-state index is 13.8. The van der Waals surface area contributed by atoms with E-state index in [1.54, 1.807) is 6.92 Å². The standard InChI is InChI=1S/C14H14F3N3/c1-3-6-18-12-7-11(19-8(2)20-12)9-4-5-10(15)14(17)13(9)16/h4-5,7H,3,6H2,1-2H3,(H,18,19,20). The van der Waals surface area contributed by atoms with Crippen LogP contribution < -0.4 is 5.32 Å². The molecule has 0 aliphatic rings. The van der Waals surface area contributed by atoms with Crippen LogP contribution in [0, 0.1) is 24.4 Å². The number of benzene rings is 1. The first-order chi connectivity index (χ1) is 9.52. The van der Waals surface area contributed by atoms with Gasteiger partial charge in [-0.2, -0.15) is 0 Å². The van der Waals surface area contributed by atoms with Crippen LogP contribution in [-0.4, -0.2) is 16.5 Å². The van der Waals surface area contributed by atoms with Crippen molar-refractivity contribution in [2.75, 3.05) is 11.9 Å². The van der Waals surface area contributed by atoms with Crippen molar-refractivity contribution in [1.82, 2.24) is 9.97 Å². The monoisotopic (exact) mass is 281 g/mol. The summed E-state index contributed by atoms with van der Waals surface area (Å²) in [5.74, 6) is -3.02. The van der Waals surface area contributed by atoms with Crippen LogP contribution in [0.25, 0.3) is 11.3 Å². The van der Waals surface area contributed by atoms with Crippen molar-refractivity contribution < 1.29 is 13.2 Å². The van der Waals surface area contributed by atoms with E-state index in [0.717, 1.165) is 12.5 Å². The molecule has 0 aliphatic carbocycles. The quantitative estimate of drug-likeness (QED) is 0.868. The molecule has 0 bridgehead atoms. The minimum atomic E-state index is -1.50. The topological polar surface area (TPSA) is 37.8 Å². The maximum absolute atomic E-state index is 13.8. The number of hydrogen-bond acceptors (Lipinski definition) is 3. The number of halogens is 3. The van der Waals surface area contributed by atoms with E-state index in [9.17, 15) is 13.2 Å². The van der Waals surface area contributed by atoms with Crippen LogP contribution in [0.2, 0.25) is 0 Å². The molecule has 0 spiro atoms. The van der Waals surface area contributed by atoms with Gasteiger partial charge in [-0.05, 0) is 25.5 Å². The molecule has 0 amide bonds. The molecule has 6 heteroatoms. The van der Waals surface area contributed by atoms with E-state index in [1.807, 2.05) is 6.92 Å². The highest BCUT2D eigenvalue weighted by molar-refractivity contribution is 5.63. The number of rotatable bonds is 4. The molecule has 0 atom stereocenters. The van der Waals surface area contributed by atoms with Gasteiger partial charge in [0.15, 0.2) is 17.5 Å². The summed E-state index contributed by atoms with van der Waals surface area (Å²) in [5.41, 5.74) is 0.126. The average molecular weight is 281 g/mol. The third kappa shape index (κ3) is 2.89. The summed E-state index contributed by atoms with van der Waals surface area (Å²) < 4.78 is 40.0. The number of nitrogens with one attached hydrogen (secondary N) is 1. The molecule has 0 aliphatic heterocycles. The van der Waals surface area contributed by atoms with Gasteiger partial charge in [-0.3, -0.25) is 0 Å². The highest BCUT2D eigenvalue weighted by Gasteiger charge is 2.16. The number of aryl methyl sites for hydroxylation is 1. The lowest BCUT2D eigenvalue weighted by atomic mass is 10.1. The summed E-state index contributed by atoms with van der Waals surface area (Å²) in [6.45, 7) is 4.35. The first-order valence-electron chi connectivity index (χ1n) is 6.26. The first-order valence-corrected chi connectivity index (χ1v) is 6.26. The Bertz CT molecular complexity index is 629. The lowest BCUT2D eigenvalue weighted by Gasteiger charge is -2.09. The molecule has 2 aromatic rings. The van der Waals surface area contributed by atoms with Gasteiger partial charge in [-0.25, -0.2) is 23.1 Å². The summed E-state index contributed by atoms with van der Waals surface area (Å²) in [5, 5.41) is 3.05. The van der Waals surface area contributed by atoms with Crippen molar-refractivity contribution in [2.24, 2.45) is 0 Å². The normalized spacial score (nSPS) is 10.7. The van der Waals surface area contributed by atoms with Gasteiger partial charge < -0.3 is 5.32 Å². The van der Waals surface area contributed by atoms with E-state index in [1.165, 1.54) is 12.1 Å². The van der Waals surface area contributed by atoms with E-state index < -0.39 is 17.5 Å².